The Balaban J connectivity index is 0.000000177. The normalized spacial score (nSPS) is 10.5. The number of hydrogen-bond donors (Lipinski definition) is 2. The van der Waals surface area contributed by atoms with Crippen LogP contribution in [0, 0.1) is 23.3 Å². The molecule has 0 radical (unpaired) electrons. The molecule has 0 spiro atoms. The van der Waals surface area contributed by atoms with Crippen LogP contribution in [0.2, 0.25) is 0 Å². The first kappa shape index (κ1) is 35.9. The quantitative estimate of drug-likeness (QED) is 0.131. The summed E-state index contributed by atoms with van der Waals surface area (Å²) in [5, 5.41) is 17.8. The van der Waals surface area contributed by atoms with Crippen LogP contribution >= 0.6 is 15.9 Å². The molecule has 236 valence electrons. The summed E-state index contributed by atoms with van der Waals surface area (Å²) in [7, 11) is -2.02. The Labute approximate surface area is 287 Å². The van der Waals surface area contributed by atoms with Crippen molar-refractivity contribution in [1.82, 2.24) is 0 Å². The molecule has 2 N–H and O–H groups in total. The van der Waals surface area contributed by atoms with Crippen LogP contribution in [-0.4, -0.2) is 46.2 Å². The minimum Gasteiger partial charge on any atom is -0.423 e. The minimum absolute atomic E-state index is 0.0948. The number of aryl methyl sites for hydroxylation is 2. The van der Waals surface area contributed by atoms with Crippen LogP contribution in [0.3, 0.4) is 0 Å². The fourth-order valence-electron chi connectivity index (χ4n) is 4.48. The van der Waals surface area contributed by atoms with Gasteiger partial charge in [0.05, 0.1) is 0 Å². The van der Waals surface area contributed by atoms with Crippen LogP contribution in [0.15, 0.2) is 110 Å². The second-order valence-electron chi connectivity index (χ2n) is 9.99. The molecule has 0 amide bonds. The second-order valence-corrected chi connectivity index (χ2v) is 16.0. The van der Waals surface area contributed by atoms with Crippen LogP contribution in [0.4, 0.5) is 17.6 Å². The van der Waals surface area contributed by atoms with Gasteiger partial charge in [-0.25, -0.2) is 8.78 Å². The van der Waals surface area contributed by atoms with E-state index < -0.39 is 35.9 Å². The summed E-state index contributed by atoms with van der Waals surface area (Å²) in [6, 6.07) is 28.5. The fourth-order valence-corrected chi connectivity index (χ4v) is 7.69. The molecular weight excluding hydrogens is 789 g/mol. The first-order valence-corrected chi connectivity index (χ1v) is 18.9. The Morgan fingerprint density at radius 3 is 1.43 bits per heavy atom. The minimum atomic E-state index is -2.02. The molecule has 0 atom stereocenters. The van der Waals surface area contributed by atoms with Crippen LogP contribution < -0.4 is 5.46 Å². The number of halogens is 5. The molecule has 0 saturated heterocycles. The van der Waals surface area contributed by atoms with Crippen molar-refractivity contribution in [3.63, 3.8) is 0 Å². The summed E-state index contributed by atoms with van der Waals surface area (Å²) in [4.78, 5) is 4.17. The van der Waals surface area contributed by atoms with Gasteiger partial charge >= 0.3 is 186 Å². The second kappa shape index (κ2) is 17.3. The van der Waals surface area contributed by atoms with Gasteiger partial charge in [0, 0.05) is 11.0 Å². The van der Waals surface area contributed by atoms with Crippen molar-refractivity contribution >= 4 is 57.5 Å². The van der Waals surface area contributed by atoms with Gasteiger partial charge < -0.3 is 10.0 Å². The predicted molar refractivity (Wildman–Crippen MR) is 186 cm³/mol. The van der Waals surface area contributed by atoms with Crippen molar-refractivity contribution < 1.29 is 27.6 Å². The Morgan fingerprint density at radius 1 is 0.565 bits per heavy atom. The summed E-state index contributed by atoms with van der Waals surface area (Å²) in [6.45, 7) is 4.07. The van der Waals surface area contributed by atoms with Crippen molar-refractivity contribution in [2.24, 2.45) is 0 Å². The zero-order chi connectivity index (χ0) is 33.2. The smallest absolute Gasteiger partial charge is 0.423 e. The monoisotopic (exact) mass is 820 g/mol. The fraction of sp³-hybridized carbons (Fsp3) is 0.111. The molecule has 6 rings (SSSR count). The van der Waals surface area contributed by atoms with E-state index in [1.807, 2.05) is 60.4 Å². The first-order chi connectivity index (χ1) is 22.1. The molecular formula is C36H30BBrF4O2Se2. The van der Waals surface area contributed by atoms with E-state index in [2.05, 4.69) is 39.9 Å². The maximum atomic E-state index is 14.4. The van der Waals surface area contributed by atoms with Gasteiger partial charge in [-0.15, -0.1) is 0 Å². The molecule has 10 heteroatoms. The predicted octanol–water partition coefficient (Wildman–Crippen LogP) is 8.30. The summed E-state index contributed by atoms with van der Waals surface area (Å²) in [6.07, 6.45) is 1.80. The van der Waals surface area contributed by atoms with Gasteiger partial charge in [-0.1, -0.05) is 43.3 Å². The molecule has 2 heterocycles. The largest absolute Gasteiger partial charge is 0.491 e. The van der Waals surface area contributed by atoms with Gasteiger partial charge in [0.2, 0.25) is 0 Å². The SMILES string of the molecule is Brc1ccc[se]1.CCc1ccc(-c2ccc(-c3ccc[se]3)c(F)c2F)cc1.CCc1ccc(-c2ccc(B(O)O)c(F)c2F)cc1. The van der Waals surface area contributed by atoms with Crippen molar-refractivity contribution in [3.8, 4) is 32.3 Å². The van der Waals surface area contributed by atoms with Crippen molar-refractivity contribution in [1.29, 1.82) is 0 Å². The van der Waals surface area contributed by atoms with Crippen molar-refractivity contribution in [2.45, 2.75) is 26.7 Å². The molecule has 0 unspecified atom stereocenters. The topological polar surface area (TPSA) is 40.5 Å². The number of benzene rings is 4. The zero-order valence-electron chi connectivity index (χ0n) is 25.0. The van der Waals surface area contributed by atoms with Gasteiger partial charge in [0.15, 0.2) is 11.6 Å². The van der Waals surface area contributed by atoms with Crippen molar-refractivity contribution in [2.75, 3.05) is 0 Å². The molecule has 2 nitrogen and oxygen atoms in total. The molecule has 0 bridgehead atoms. The Morgan fingerprint density at radius 2 is 1.02 bits per heavy atom. The molecule has 0 fully saturated rings. The van der Waals surface area contributed by atoms with E-state index in [1.54, 1.807) is 24.3 Å². The van der Waals surface area contributed by atoms with E-state index in [1.165, 1.54) is 21.0 Å². The van der Waals surface area contributed by atoms with Crippen molar-refractivity contribution in [3.05, 3.63) is 145 Å². The molecule has 0 aliphatic rings. The van der Waals surface area contributed by atoms with Crippen LogP contribution in [0.25, 0.3) is 32.3 Å². The van der Waals surface area contributed by atoms with Gasteiger partial charge in [-0.2, -0.15) is 0 Å². The van der Waals surface area contributed by atoms with Gasteiger partial charge in [-0.05, 0) is 17.5 Å². The van der Waals surface area contributed by atoms with E-state index in [4.69, 9.17) is 10.0 Å². The Kier molecular flexibility index (Phi) is 13.5. The third-order valence-electron chi connectivity index (χ3n) is 7.09. The summed E-state index contributed by atoms with van der Waals surface area (Å²) < 4.78 is 58.4. The maximum Gasteiger partial charge on any atom is 0.491 e. The average Bonchev–Trinajstić information content (AvgIpc) is 3.79. The molecule has 2 aromatic heterocycles. The van der Waals surface area contributed by atoms with Crippen LogP contribution in [0.5, 0.6) is 0 Å². The molecule has 4 aromatic carbocycles. The average molecular weight is 819 g/mol. The van der Waals surface area contributed by atoms with E-state index in [0.29, 0.717) is 36.8 Å². The third-order valence-corrected chi connectivity index (χ3v) is 11.6. The maximum absolute atomic E-state index is 14.4. The summed E-state index contributed by atoms with van der Waals surface area (Å²) >= 11 is 4.08. The van der Waals surface area contributed by atoms with Gasteiger partial charge in [0.25, 0.3) is 0 Å². The van der Waals surface area contributed by atoms with E-state index in [-0.39, 0.29) is 20.1 Å². The summed E-state index contributed by atoms with van der Waals surface area (Å²) in [5.74, 6) is -3.81. The molecule has 0 saturated carbocycles. The zero-order valence-corrected chi connectivity index (χ0v) is 30.0. The Bertz CT molecular complexity index is 1830. The Hall–Kier alpha value is -2.94. The third kappa shape index (κ3) is 9.11. The van der Waals surface area contributed by atoms with Gasteiger partial charge in [-0.3, -0.25) is 0 Å². The first-order valence-electron chi connectivity index (χ1n) is 14.4. The standard InChI is InChI=1S/C18H14F2Se.C14H13BF2O2.C4H3BrSe/c1-2-12-5-7-13(8-6-12)14-9-10-15(18(20)17(14)19)16-4-3-11-21-16;1-2-9-3-5-10(6-4-9)11-7-8-12(15(18)19)14(17)13(11)16;5-4-2-1-3-6-4/h3-11H,2H2,1H3;3-8,18-19H,2H2,1H3;1-3H. The van der Waals surface area contributed by atoms with E-state index in [9.17, 15) is 17.6 Å². The molecule has 0 aliphatic carbocycles. The van der Waals surface area contributed by atoms with E-state index in [0.717, 1.165) is 22.8 Å². The van der Waals surface area contributed by atoms with Crippen LogP contribution in [0.1, 0.15) is 25.0 Å². The van der Waals surface area contributed by atoms with Crippen LogP contribution in [-0.2, 0) is 12.8 Å². The van der Waals surface area contributed by atoms with Gasteiger partial charge in [0.1, 0.15) is 0 Å². The number of rotatable bonds is 6. The number of hydrogen-bond acceptors (Lipinski definition) is 2. The molecule has 6 aromatic rings. The molecule has 46 heavy (non-hydrogen) atoms. The van der Waals surface area contributed by atoms with E-state index >= 15 is 0 Å². The molecule has 0 aliphatic heterocycles. The summed E-state index contributed by atoms with van der Waals surface area (Å²) in [5.41, 5.74) is 3.88.